The highest BCUT2D eigenvalue weighted by atomic mass is 19.1. The molecule has 0 radical (unpaired) electrons. The second-order valence-corrected chi connectivity index (χ2v) is 8.75. The fraction of sp³-hybridized carbons (Fsp3) is 0.250. The lowest BCUT2D eigenvalue weighted by Gasteiger charge is -2.34. The van der Waals surface area contributed by atoms with Gasteiger partial charge in [0.2, 0.25) is 5.95 Å². The number of anilines is 3. The lowest BCUT2D eigenvalue weighted by molar-refractivity contribution is 0.291. The summed E-state index contributed by atoms with van der Waals surface area (Å²) in [6.45, 7) is 9.88. The molecule has 36 heavy (non-hydrogen) atoms. The Morgan fingerprint density at radius 2 is 2.00 bits per heavy atom. The van der Waals surface area contributed by atoms with Gasteiger partial charge in [0, 0.05) is 49.9 Å². The van der Waals surface area contributed by atoms with Crippen molar-refractivity contribution >= 4 is 17.5 Å². The first-order valence-corrected chi connectivity index (χ1v) is 11.6. The summed E-state index contributed by atoms with van der Waals surface area (Å²) in [6, 6.07) is 14.0. The molecule has 1 atom stereocenters. The van der Waals surface area contributed by atoms with Crippen LogP contribution in [0, 0.1) is 17.1 Å². The predicted molar refractivity (Wildman–Crippen MR) is 140 cm³/mol. The number of halogens is 1. The third kappa shape index (κ3) is 5.37. The van der Waals surface area contributed by atoms with E-state index in [0.717, 1.165) is 29.2 Å². The summed E-state index contributed by atoms with van der Waals surface area (Å²) in [7, 11) is 4.03. The van der Waals surface area contributed by atoms with E-state index in [9.17, 15) is 9.65 Å². The van der Waals surface area contributed by atoms with Gasteiger partial charge in [-0.3, -0.25) is 0 Å². The number of aromatic nitrogens is 2. The molecule has 0 saturated heterocycles. The maximum absolute atomic E-state index is 13.7. The zero-order valence-corrected chi connectivity index (χ0v) is 20.5. The summed E-state index contributed by atoms with van der Waals surface area (Å²) in [4.78, 5) is 14.1. The zero-order valence-electron chi connectivity index (χ0n) is 20.5. The molecule has 2 aromatic carbocycles. The summed E-state index contributed by atoms with van der Waals surface area (Å²) in [5.41, 5.74) is 4.04. The number of hydrogen-bond acceptors (Lipinski definition) is 7. The van der Waals surface area contributed by atoms with Crippen molar-refractivity contribution in [1.82, 2.24) is 14.9 Å². The van der Waals surface area contributed by atoms with Crippen molar-refractivity contribution in [3.05, 3.63) is 96.0 Å². The van der Waals surface area contributed by atoms with Gasteiger partial charge in [0.05, 0.1) is 11.3 Å². The van der Waals surface area contributed by atoms with E-state index in [1.807, 2.05) is 30.2 Å². The number of fused-ring (bicyclic) bond motifs is 1. The average Bonchev–Trinajstić information content (AvgIpc) is 2.87. The maximum Gasteiger partial charge on any atom is 0.229 e. The minimum atomic E-state index is -0.269. The van der Waals surface area contributed by atoms with Crippen LogP contribution in [-0.4, -0.2) is 48.7 Å². The fourth-order valence-electron chi connectivity index (χ4n) is 4.36. The maximum atomic E-state index is 13.7. The normalized spacial score (nSPS) is 14.9. The lowest BCUT2D eigenvalue weighted by Crippen LogP contribution is -2.34. The molecule has 0 bridgehead atoms. The summed E-state index contributed by atoms with van der Waals surface area (Å²) >= 11 is 0. The topological polar surface area (TPSA) is 77.3 Å². The van der Waals surface area contributed by atoms with Gasteiger partial charge < -0.3 is 19.9 Å². The monoisotopic (exact) mass is 484 g/mol. The molecule has 0 saturated carbocycles. The smallest absolute Gasteiger partial charge is 0.229 e. The van der Waals surface area contributed by atoms with E-state index in [1.165, 1.54) is 12.1 Å². The SMILES string of the molecule is C=CCOc1cc(Nc2nc3c(c(N(C)CC=C)n2)CN(C)CC3c2ccc(F)cc2)ccc1C#N. The van der Waals surface area contributed by atoms with E-state index in [2.05, 4.69) is 36.5 Å². The van der Waals surface area contributed by atoms with Crippen LogP contribution >= 0.6 is 0 Å². The van der Waals surface area contributed by atoms with Crippen molar-refractivity contribution in [3.63, 3.8) is 0 Å². The molecular weight excluding hydrogens is 455 g/mol. The number of likely N-dealkylation sites (N-methyl/N-ethyl adjacent to an activating group) is 2. The van der Waals surface area contributed by atoms with Gasteiger partial charge in [0.15, 0.2) is 0 Å². The molecule has 184 valence electrons. The van der Waals surface area contributed by atoms with Crippen LogP contribution in [0.15, 0.2) is 67.8 Å². The molecule has 1 unspecified atom stereocenters. The Morgan fingerprint density at radius 1 is 1.22 bits per heavy atom. The number of nitrogens with zero attached hydrogens (tertiary/aromatic N) is 5. The Hall–Kier alpha value is -4.22. The van der Waals surface area contributed by atoms with Crippen molar-refractivity contribution in [2.45, 2.75) is 12.5 Å². The molecule has 4 rings (SSSR count). The van der Waals surface area contributed by atoms with E-state index in [-0.39, 0.29) is 18.3 Å². The molecule has 0 aliphatic carbocycles. The van der Waals surface area contributed by atoms with Crippen LogP contribution in [-0.2, 0) is 6.54 Å². The van der Waals surface area contributed by atoms with Crippen molar-refractivity contribution in [2.75, 3.05) is 44.0 Å². The Morgan fingerprint density at radius 3 is 2.69 bits per heavy atom. The van der Waals surface area contributed by atoms with Gasteiger partial charge in [0.1, 0.15) is 30.1 Å². The molecule has 1 N–H and O–H groups in total. The first-order valence-electron chi connectivity index (χ1n) is 11.6. The van der Waals surface area contributed by atoms with Gasteiger partial charge in [-0.25, -0.2) is 9.37 Å². The number of nitriles is 1. The summed E-state index contributed by atoms with van der Waals surface area (Å²) < 4.78 is 19.3. The number of rotatable bonds is 9. The quantitative estimate of drug-likeness (QED) is 0.429. The highest BCUT2D eigenvalue weighted by Crippen LogP contribution is 2.37. The molecule has 7 nitrogen and oxygen atoms in total. The second kappa shape index (κ2) is 11.0. The Bertz CT molecular complexity index is 1300. The van der Waals surface area contributed by atoms with Crippen LogP contribution < -0.4 is 15.0 Å². The van der Waals surface area contributed by atoms with Crippen molar-refractivity contribution < 1.29 is 9.13 Å². The predicted octanol–water partition coefficient (Wildman–Crippen LogP) is 5.00. The molecular formula is C28H29FN6O. The van der Waals surface area contributed by atoms with Gasteiger partial charge in [-0.05, 0) is 36.9 Å². The number of hydrogen-bond donors (Lipinski definition) is 1. The molecule has 0 spiro atoms. The van der Waals surface area contributed by atoms with Gasteiger partial charge in [-0.1, -0.05) is 30.9 Å². The van der Waals surface area contributed by atoms with Gasteiger partial charge >= 0.3 is 0 Å². The number of benzene rings is 2. The van der Waals surface area contributed by atoms with Gasteiger partial charge in [-0.15, -0.1) is 6.58 Å². The molecule has 2 heterocycles. The first-order chi connectivity index (χ1) is 17.4. The van der Waals surface area contributed by atoms with Crippen LogP contribution in [0.4, 0.5) is 21.8 Å². The Balaban J connectivity index is 1.79. The van der Waals surface area contributed by atoms with E-state index < -0.39 is 0 Å². The molecule has 1 aliphatic rings. The summed E-state index contributed by atoms with van der Waals surface area (Å²) in [5.74, 6) is 1.37. The summed E-state index contributed by atoms with van der Waals surface area (Å²) in [5, 5.41) is 12.7. The van der Waals surface area contributed by atoms with Gasteiger partial charge in [-0.2, -0.15) is 10.2 Å². The van der Waals surface area contributed by atoms with Gasteiger partial charge in [0.25, 0.3) is 0 Å². The minimum Gasteiger partial charge on any atom is -0.488 e. The summed E-state index contributed by atoms with van der Waals surface area (Å²) in [6.07, 6.45) is 3.46. The van der Waals surface area contributed by atoms with E-state index >= 15 is 0 Å². The average molecular weight is 485 g/mol. The van der Waals surface area contributed by atoms with Crippen molar-refractivity contribution in [1.29, 1.82) is 5.26 Å². The largest absolute Gasteiger partial charge is 0.488 e. The molecule has 8 heteroatoms. The van der Waals surface area contributed by atoms with Crippen LogP contribution in [0.2, 0.25) is 0 Å². The van der Waals surface area contributed by atoms with Crippen LogP contribution in [0.25, 0.3) is 0 Å². The Kier molecular flexibility index (Phi) is 7.62. The van der Waals surface area contributed by atoms with Crippen molar-refractivity contribution in [3.8, 4) is 11.8 Å². The number of nitrogens with one attached hydrogen (secondary N) is 1. The molecule has 0 amide bonds. The Labute approximate surface area is 211 Å². The van der Waals surface area contributed by atoms with Crippen LogP contribution in [0.3, 0.4) is 0 Å². The molecule has 0 fully saturated rings. The highest BCUT2D eigenvalue weighted by molar-refractivity contribution is 5.63. The van der Waals surface area contributed by atoms with E-state index in [1.54, 1.807) is 24.3 Å². The fourth-order valence-corrected chi connectivity index (χ4v) is 4.36. The number of ether oxygens (including phenoxy) is 1. The second-order valence-electron chi connectivity index (χ2n) is 8.75. The lowest BCUT2D eigenvalue weighted by atomic mass is 9.88. The van der Waals surface area contributed by atoms with Crippen molar-refractivity contribution in [2.24, 2.45) is 0 Å². The third-order valence-electron chi connectivity index (χ3n) is 6.02. The van der Waals surface area contributed by atoms with Crippen LogP contribution in [0.5, 0.6) is 5.75 Å². The van der Waals surface area contributed by atoms with E-state index in [0.29, 0.717) is 36.0 Å². The minimum absolute atomic E-state index is 0.0498. The molecule has 1 aromatic heterocycles. The van der Waals surface area contributed by atoms with E-state index in [4.69, 9.17) is 14.7 Å². The first kappa shape index (κ1) is 24.9. The highest BCUT2D eigenvalue weighted by Gasteiger charge is 2.31. The third-order valence-corrected chi connectivity index (χ3v) is 6.02. The standard InChI is InChI=1S/C28H29FN6O/c1-5-13-35(4)27-24-18-34(3)17-23(19-7-10-21(29)11-8-19)26(24)32-28(33-27)31-22-12-9-20(16-30)25(15-22)36-14-6-2/h5-12,15,23H,1-2,13-14,17-18H2,3-4H3,(H,31,32,33). The van der Waals surface area contributed by atoms with Crippen LogP contribution in [0.1, 0.15) is 28.3 Å². The zero-order chi connectivity index (χ0) is 25.7. The molecule has 3 aromatic rings. The molecule has 1 aliphatic heterocycles.